The molecule has 2 rings (SSSR count). The number of nitrogens with two attached hydrogens (primary N) is 1. The highest BCUT2D eigenvalue weighted by molar-refractivity contribution is 7.99. The Hall–Kier alpha value is -1.50. The largest absolute Gasteiger partial charge is 0.442 e. The zero-order valence-electron chi connectivity index (χ0n) is 20.2. The summed E-state index contributed by atoms with van der Waals surface area (Å²) in [6.45, 7) is 9.49. The third-order valence-electron chi connectivity index (χ3n) is 4.25. The summed E-state index contributed by atoms with van der Waals surface area (Å²) in [5.41, 5.74) is 6.02. The molecule has 0 aliphatic rings. The Kier molecular flexibility index (Phi) is 13.2. The molecular weight excluding hydrogens is 532 g/mol. The molecule has 35 heavy (non-hydrogen) atoms. The first-order valence-electron chi connectivity index (χ1n) is 11.0. The lowest BCUT2D eigenvalue weighted by atomic mass is 10.1. The Balaban J connectivity index is 2.24. The predicted octanol–water partition coefficient (Wildman–Crippen LogP) is 6.42. The van der Waals surface area contributed by atoms with Crippen molar-refractivity contribution in [3.63, 3.8) is 0 Å². The van der Waals surface area contributed by atoms with Crippen LogP contribution in [0.1, 0.15) is 45.1 Å². The normalized spacial score (nSPS) is 11.1. The fourth-order valence-electron chi connectivity index (χ4n) is 2.85. The molecule has 12 heteroatoms. The molecule has 192 valence electrons. The molecule has 8 nitrogen and oxygen atoms in total. The number of ether oxygens (including phenoxy) is 2. The highest BCUT2D eigenvalue weighted by Crippen LogP contribution is 2.38. The van der Waals surface area contributed by atoms with Crippen molar-refractivity contribution in [3.05, 3.63) is 39.8 Å². The standard InChI is InChI=1S/C23H30Cl2N3O5PS/c1-5-32-34(33-6-2)15-30-10-8-7-9-28-20(14-31-23(26)29)27-21(16(3)4)22(28)35-19-12-17(24)11-18(25)13-19/h11-13,16H,5-6,9-10,14-15H2,1-4H3,(H2,26,29). The van der Waals surface area contributed by atoms with Gasteiger partial charge in [0.1, 0.15) is 23.8 Å². The van der Waals surface area contributed by atoms with Gasteiger partial charge in [0.2, 0.25) is 0 Å². The van der Waals surface area contributed by atoms with Crippen LogP contribution in [0.5, 0.6) is 0 Å². The van der Waals surface area contributed by atoms with Crippen molar-refractivity contribution in [2.45, 2.75) is 56.7 Å². The van der Waals surface area contributed by atoms with Gasteiger partial charge in [0.15, 0.2) is 15.0 Å². The number of benzene rings is 1. The fraction of sp³-hybridized carbons (Fsp3) is 0.478. The number of halogens is 2. The summed E-state index contributed by atoms with van der Waals surface area (Å²) in [6.07, 6.45) is -0.524. The molecule has 0 fully saturated rings. The average molecular weight is 562 g/mol. The van der Waals surface area contributed by atoms with E-state index < -0.39 is 14.5 Å². The maximum Gasteiger partial charge on any atom is 0.404 e. The Morgan fingerprint density at radius 2 is 1.83 bits per heavy atom. The van der Waals surface area contributed by atoms with Crippen LogP contribution in [0, 0.1) is 11.8 Å². The van der Waals surface area contributed by atoms with E-state index in [4.69, 9.17) is 52.4 Å². The second-order valence-corrected chi connectivity index (χ2v) is 10.6. The van der Waals surface area contributed by atoms with Crippen molar-refractivity contribution >= 4 is 49.4 Å². The molecule has 1 heterocycles. The molecule has 0 atom stereocenters. The third-order valence-corrected chi connectivity index (χ3v) is 7.26. The van der Waals surface area contributed by atoms with Crippen LogP contribution in [-0.2, 0) is 31.7 Å². The number of hydrogen-bond donors (Lipinski definition) is 1. The smallest absolute Gasteiger partial charge is 0.404 e. The van der Waals surface area contributed by atoms with E-state index >= 15 is 0 Å². The summed E-state index contributed by atoms with van der Waals surface area (Å²) in [4.78, 5) is 16.8. The van der Waals surface area contributed by atoms with Gasteiger partial charge in [-0.05, 0) is 38.0 Å². The number of primary amides is 1. The van der Waals surface area contributed by atoms with E-state index in [1.165, 1.54) is 11.8 Å². The molecule has 1 aromatic carbocycles. The Labute approximate surface area is 222 Å². The first-order chi connectivity index (χ1) is 16.7. The minimum Gasteiger partial charge on any atom is -0.442 e. The second-order valence-electron chi connectivity index (χ2n) is 7.27. The third kappa shape index (κ3) is 10.2. The molecule has 2 aromatic rings. The molecule has 0 bridgehead atoms. The lowest BCUT2D eigenvalue weighted by Gasteiger charge is -2.14. The van der Waals surface area contributed by atoms with Crippen molar-refractivity contribution in [3.8, 4) is 11.8 Å². The van der Waals surface area contributed by atoms with Crippen LogP contribution in [0.3, 0.4) is 0 Å². The molecule has 1 amide bonds. The number of carbonyl (C=O) groups excluding carboxylic acids is 1. The lowest BCUT2D eigenvalue weighted by molar-refractivity contribution is 0.145. The van der Waals surface area contributed by atoms with E-state index in [9.17, 15) is 4.79 Å². The number of rotatable bonds is 13. The molecular formula is C23H30Cl2N3O5PS. The Morgan fingerprint density at radius 1 is 1.17 bits per heavy atom. The monoisotopic (exact) mass is 561 g/mol. The zero-order chi connectivity index (χ0) is 25.8. The van der Waals surface area contributed by atoms with Crippen molar-refractivity contribution in [2.24, 2.45) is 5.73 Å². The number of amides is 1. The molecule has 0 unspecified atom stereocenters. The molecule has 0 radical (unpaired) electrons. The molecule has 0 aliphatic carbocycles. The number of imidazole rings is 1. The summed E-state index contributed by atoms with van der Waals surface area (Å²) in [6, 6.07) is 5.33. The van der Waals surface area contributed by atoms with E-state index in [1.54, 1.807) is 6.07 Å². The van der Waals surface area contributed by atoms with E-state index in [0.717, 1.165) is 15.6 Å². The van der Waals surface area contributed by atoms with Crippen LogP contribution in [0.4, 0.5) is 4.79 Å². The van der Waals surface area contributed by atoms with E-state index in [2.05, 4.69) is 11.8 Å². The number of aromatic nitrogens is 2. The fourth-order valence-corrected chi connectivity index (χ4v) is 5.81. The minimum absolute atomic E-state index is 0.0723. The maximum absolute atomic E-state index is 11.2. The lowest BCUT2D eigenvalue weighted by Crippen LogP contribution is -2.15. The first-order valence-corrected chi connectivity index (χ1v) is 13.9. The van der Waals surface area contributed by atoms with Gasteiger partial charge in [0.25, 0.3) is 0 Å². The molecule has 0 saturated carbocycles. The van der Waals surface area contributed by atoms with Crippen molar-refractivity contribution in [1.82, 2.24) is 9.55 Å². The van der Waals surface area contributed by atoms with Gasteiger partial charge in [0, 0.05) is 14.9 Å². The van der Waals surface area contributed by atoms with Crippen molar-refractivity contribution in [2.75, 3.05) is 26.2 Å². The summed E-state index contributed by atoms with van der Waals surface area (Å²) < 4.78 is 23.6. The van der Waals surface area contributed by atoms with Crippen molar-refractivity contribution in [1.29, 1.82) is 0 Å². The van der Waals surface area contributed by atoms with Crippen molar-refractivity contribution < 1.29 is 23.3 Å². The van der Waals surface area contributed by atoms with Crippen LogP contribution in [0.2, 0.25) is 10.0 Å². The van der Waals surface area contributed by atoms with Gasteiger partial charge in [-0.3, -0.25) is 0 Å². The van der Waals surface area contributed by atoms with E-state index in [-0.39, 0.29) is 19.1 Å². The molecule has 2 N–H and O–H groups in total. The van der Waals surface area contributed by atoms with Crippen LogP contribution in [-0.4, -0.2) is 41.8 Å². The molecule has 0 spiro atoms. The van der Waals surface area contributed by atoms with Gasteiger partial charge in [0.05, 0.1) is 25.5 Å². The van der Waals surface area contributed by atoms with Gasteiger partial charge in [-0.25, -0.2) is 9.78 Å². The quantitative estimate of drug-likeness (QED) is 0.171. The number of hydrogen-bond acceptors (Lipinski definition) is 7. The first kappa shape index (κ1) is 29.7. The topological polar surface area (TPSA) is 97.8 Å². The Morgan fingerprint density at radius 3 is 2.40 bits per heavy atom. The summed E-state index contributed by atoms with van der Waals surface area (Å²) in [5.74, 6) is 6.75. The molecule has 0 saturated heterocycles. The Bertz CT molecular complexity index is 1020. The van der Waals surface area contributed by atoms with E-state index in [1.807, 2.05) is 44.4 Å². The predicted molar refractivity (Wildman–Crippen MR) is 140 cm³/mol. The number of carbonyl (C=O) groups is 1. The maximum atomic E-state index is 11.2. The van der Waals surface area contributed by atoms with Crippen LogP contribution < -0.4 is 5.73 Å². The summed E-state index contributed by atoms with van der Waals surface area (Å²) in [7, 11) is -1.08. The highest BCUT2D eigenvalue weighted by Gasteiger charge is 2.21. The average Bonchev–Trinajstić information content (AvgIpc) is 3.11. The highest BCUT2D eigenvalue weighted by atomic mass is 35.5. The van der Waals surface area contributed by atoms with E-state index in [0.29, 0.717) is 42.0 Å². The van der Waals surface area contributed by atoms with Crippen LogP contribution in [0.15, 0.2) is 28.1 Å². The zero-order valence-corrected chi connectivity index (χ0v) is 23.4. The van der Waals surface area contributed by atoms with Gasteiger partial charge in [-0.15, -0.1) is 0 Å². The van der Waals surface area contributed by atoms with Gasteiger partial charge in [-0.2, -0.15) is 0 Å². The number of nitrogens with zero attached hydrogens (tertiary/aromatic N) is 2. The van der Waals surface area contributed by atoms with Gasteiger partial charge in [-0.1, -0.05) is 60.7 Å². The second kappa shape index (κ2) is 15.6. The minimum atomic E-state index is -1.08. The van der Waals surface area contributed by atoms with Gasteiger partial charge < -0.3 is 28.8 Å². The summed E-state index contributed by atoms with van der Waals surface area (Å²) >= 11 is 13.9. The van der Waals surface area contributed by atoms with Crippen LogP contribution in [0.25, 0.3) is 0 Å². The SMILES string of the molecule is CCOP(COCC#CCn1c(COC(N)=O)nc(C(C)C)c1Sc1cc(Cl)cc(Cl)c1)OCC. The molecule has 1 aromatic heterocycles. The van der Waals surface area contributed by atoms with Crippen LogP contribution >= 0.6 is 43.3 Å². The molecule has 0 aliphatic heterocycles. The van der Waals surface area contributed by atoms with Gasteiger partial charge >= 0.3 is 6.09 Å². The summed E-state index contributed by atoms with van der Waals surface area (Å²) in [5, 5.41) is 1.92.